The van der Waals surface area contributed by atoms with Gasteiger partial charge >= 0.3 is 84.9 Å². The van der Waals surface area contributed by atoms with Crippen molar-refractivity contribution >= 4 is 8.51 Å². The molecular weight excluding hydrogens is 247 g/mol. The molecule has 0 aromatic rings. The van der Waals surface area contributed by atoms with Crippen LogP contribution in [0.3, 0.4) is 0 Å². The van der Waals surface area contributed by atoms with Crippen molar-refractivity contribution in [3.05, 3.63) is 48.6 Å². The molecule has 0 bridgehead atoms. The summed E-state index contributed by atoms with van der Waals surface area (Å²) in [5.41, 5.74) is 0. The van der Waals surface area contributed by atoms with Gasteiger partial charge in [0.15, 0.2) is 0 Å². The van der Waals surface area contributed by atoms with Crippen molar-refractivity contribution in [1.82, 2.24) is 0 Å². The molecule has 0 saturated heterocycles. The topological polar surface area (TPSA) is 0 Å². The van der Waals surface area contributed by atoms with E-state index in [9.17, 15) is 0 Å². The van der Waals surface area contributed by atoms with Crippen LogP contribution in [0.15, 0.2) is 48.6 Å². The van der Waals surface area contributed by atoms with Gasteiger partial charge in [-0.3, -0.25) is 0 Å². The molecule has 2 heteroatoms. The Balaban J connectivity index is 2.04. The summed E-state index contributed by atoms with van der Waals surface area (Å²) in [6, 6.07) is 0. The molecule has 12 heavy (non-hydrogen) atoms. The molecule has 0 saturated carbocycles. The Hall–Kier alpha value is 0.133. The molecule has 2 aliphatic carbocycles. The van der Waals surface area contributed by atoms with Crippen molar-refractivity contribution < 1.29 is 20.6 Å². The molecule has 0 aromatic heterocycles. The normalized spacial score (nSPS) is 21.4. The molecule has 61 valence electrons. The molecule has 2 rings (SSSR count). The second kappa shape index (κ2) is 3.89. The third kappa shape index (κ3) is 1.73. The Labute approximate surface area is 84.5 Å². The van der Waals surface area contributed by atoms with E-state index in [1.54, 1.807) is 0 Å². The summed E-state index contributed by atoms with van der Waals surface area (Å²) in [7, 11) is 6.49. The molecule has 0 spiro atoms. The van der Waals surface area contributed by atoms with E-state index in [0.717, 1.165) is 0 Å². The van der Waals surface area contributed by atoms with Crippen molar-refractivity contribution in [2.75, 3.05) is 0 Å². The van der Waals surface area contributed by atoms with Gasteiger partial charge in [-0.05, 0) is 0 Å². The van der Waals surface area contributed by atoms with Crippen LogP contribution in [0.4, 0.5) is 0 Å². The summed E-state index contributed by atoms with van der Waals surface area (Å²) in [5.74, 6) is 0. The van der Waals surface area contributed by atoms with Crippen LogP contribution in [0.2, 0.25) is 7.25 Å². The maximum atomic E-state index is 6.49. The molecule has 0 unspecified atom stereocenters. The van der Waals surface area contributed by atoms with E-state index in [1.807, 2.05) is 0 Å². The maximum absolute atomic E-state index is 6.49. The predicted molar refractivity (Wildman–Crippen MR) is 49.9 cm³/mol. The van der Waals surface area contributed by atoms with Crippen LogP contribution < -0.4 is 0 Å². The van der Waals surface area contributed by atoms with Crippen molar-refractivity contribution in [3.8, 4) is 0 Å². The molecule has 0 aromatic carbocycles. The molecule has 0 N–H and O–H groups in total. The van der Waals surface area contributed by atoms with Gasteiger partial charge in [0.05, 0.1) is 0 Å². The zero-order chi connectivity index (χ0) is 8.39. The van der Waals surface area contributed by atoms with E-state index in [0.29, 0.717) is 7.25 Å². The zero-order valence-corrected chi connectivity index (χ0v) is 9.87. The summed E-state index contributed by atoms with van der Waals surface area (Å²) >= 11 is -1.75. The van der Waals surface area contributed by atoms with Gasteiger partial charge in [0.2, 0.25) is 0 Å². The Bertz CT molecular complexity index is 224. The summed E-state index contributed by atoms with van der Waals surface area (Å²) in [5, 5.41) is 0. The fourth-order valence-electron chi connectivity index (χ4n) is 1.45. The molecule has 0 fully saturated rings. The first kappa shape index (κ1) is 8.72. The third-order valence-electron chi connectivity index (χ3n) is 2.13. The van der Waals surface area contributed by atoms with Gasteiger partial charge < -0.3 is 0 Å². The van der Waals surface area contributed by atoms with Crippen molar-refractivity contribution in [2.45, 2.75) is 7.25 Å². The van der Waals surface area contributed by atoms with Gasteiger partial charge in [0.1, 0.15) is 0 Å². The van der Waals surface area contributed by atoms with E-state index >= 15 is 0 Å². The number of rotatable bonds is 2. The Morgan fingerprint density at radius 2 is 1.08 bits per heavy atom. The minimum absolute atomic E-state index is 0.603. The molecule has 0 aliphatic heterocycles. The first-order valence-electron chi connectivity index (χ1n) is 4.10. The molecule has 0 atom stereocenters. The van der Waals surface area contributed by atoms with E-state index in [1.165, 1.54) is 0 Å². The summed E-state index contributed by atoms with van der Waals surface area (Å²) in [6.45, 7) is 0. The molecule has 2 aliphatic rings. The number of allylic oxidation sites excluding steroid dienone is 8. The van der Waals surface area contributed by atoms with Crippen molar-refractivity contribution in [2.24, 2.45) is 0 Å². The summed E-state index contributed by atoms with van der Waals surface area (Å²) in [4.78, 5) is 0. The van der Waals surface area contributed by atoms with Crippen LogP contribution in [0.25, 0.3) is 0 Å². The Kier molecular flexibility index (Phi) is 2.83. The van der Waals surface area contributed by atoms with Gasteiger partial charge in [-0.15, -0.1) is 0 Å². The van der Waals surface area contributed by atoms with E-state index in [-0.39, 0.29) is 0 Å². The van der Waals surface area contributed by atoms with E-state index in [4.69, 9.17) is 8.51 Å². The fraction of sp³-hybridized carbons (Fsp3) is 0.200. The first-order valence-corrected chi connectivity index (χ1v) is 10.1. The Morgan fingerprint density at radius 1 is 0.750 bits per heavy atom. The number of hydrogen-bond donors (Lipinski definition) is 0. The quantitative estimate of drug-likeness (QED) is 0.709. The second-order valence-electron chi connectivity index (χ2n) is 2.98. The van der Waals surface area contributed by atoms with E-state index < -0.39 is 20.6 Å². The van der Waals surface area contributed by atoms with Crippen LogP contribution >= 0.6 is 8.51 Å². The number of hydrogen-bond acceptors (Lipinski definition) is 0. The number of halogens is 1. The second-order valence-corrected chi connectivity index (χ2v) is 10.7. The van der Waals surface area contributed by atoms with Crippen LogP contribution in [-0.4, -0.2) is 0 Å². The van der Waals surface area contributed by atoms with Crippen molar-refractivity contribution in [1.29, 1.82) is 0 Å². The predicted octanol–water partition coefficient (Wildman–Crippen LogP) is 3.59. The summed E-state index contributed by atoms with van der Waals surface area (Å²) in [6.07, 6.45) is 17.4. The zero-order valence-electron chi connectivity index (χ0n) is 6.65. The average molecular weight is 257 g/mol. The monoisotopic (exact) mass is 255 g/mol. The average Bonchev–Trinajstić information content (AvgIpc) is 2.77. The van der Waals surface area contributed by atoms with Crippen LogP contribution in [0, 0.1) is 0 Å². The molecule has 0 nitrogen and oxygen atoms in total. The Morgan fingerprint density at radius 3 is 1.42 bits per heavy atom. The van der Waals surface area contributed by atoms with Crippen LogP contribution in [0.1, 0.15) is 0 Å². The standard InChI is InChI=1S/2C5H5.ClH.Zr/c2*1-2-4-5-3-1;;/h2*1-5H;1H;/q;;;+1/p-1. The summed E-state index contributed by atoms with van der Waals surface area (Å²) < 4.78 is 1.21. The molecule has 0 heterocycles. The first-order chi connectivity index (χ1) is 5.88. The van der Waals surface area contributed by atoms with Gasteiger partial charge in [-0.1, -0.05) is 0 Å². The third-order valence-corrected chi connectivity index (χ3v) is 10.1. The molecule has 0 radical (unpaired) electrons. The van der Waals surface area contributed by atoms with Gasteiger partial charge in [0, 0.05) is 0 Å². The van der Waals surface area contributed by atoms with Gasteiger partial charge in [-0.2, -0.15) is 0 Å². The molecule has 0 amide bonds. The van der Waals surface area contributed by atoms with Gasteiger partial charge in [-0.25, -0.2) is 0 Å². The van der Waals surface area contributed by atoms with Crippen molar-refractivity contribution in [3.63, 3.8) is 0 Å². The molecular formula is C10H10ClZr. The SMILES string of the molecule is [Cl][Zr]([CH]1C=CC=C1)[CH]1C=CC=C1. The van der Waals surface area contributed by atoms with Crippen LogP contribution in [-0.2, 0) is 20.6 Å². The van der Waals surface area contributed by atoms with E-state index in [2.05, 4.69) is 48.6 Å². The van der Waals surface area contributed by atoms with Gasteiger partial charge in [0.25, 0.3) is 0 Å². The fourth-order valence-corrected chi connectivity index (χ4v) is 7.17. The minimum atomic E-state index is -1.75. The van der Waals surface area contributed by atoms with Crippen LogP contribution in [0.5, 0.6) is 0 Å².